The lowest BCUT2D eigenvalue weighted by atomic mass is 10.3. The highest BCUT2D eigenvalue weighted by Crippen LogP contribution is 2.15. The third-order valence-corrected chi connectivity index (χ3v) is 2.49. The first-order chi connectivity index (χ1) is 4.20. The Labute approximate surface area is 69.4 Å². The van der Waals surface area contributed by atoms with E-state index in [1.807, 2.05) is 0 Å². The Kier molecular flexibility index (Phi) is 2.73. The zero-order valence-electron chi connectivity index (χ0n) is 5.55. The number of rotatable bonds is 1. The lowest BCUT2D eigenvalue weighted by Crippen LogP contribution is -2.26. The molecule has 0 saturated carbocycles. The van der Waals surface area contributed by atoms with Crippen molar-refractivity contribution in [1.82, 2.24) is 4.90 Å². The van der Waals surface area contributed by atoms with Crippen molar-refractivity contribution in [2.24, 2.45) is 0 Å². The standard InChI is InChI=1S/C6H12INO/c1-5(7)8-3-2-6(9)4-8/h5-6,9H,2-4H2,1H3. The van der Waals surface area contributed by atoms with Gasteiger partial charge in [-0.15, -0.1) is 0 Å². The highest BCUT2D eigenvalue weighted by Gasteiger charge is 2.22. The molecule has 0 spiro atoms. The Morgan fingerprint density at radius 3 is 2.67 bits per heavy atom. The van der Waals surface area contributed by atoms with E-state index in [1.165, 1.54) is 0 Å². The molecule has 1 N–H and O–H groups in total. The first-order valence-electron chi connectivity index (χ1n) is 3.26. The predicted molar refractivity (Wildman–Crippen MR) is 45.7 cm³/mol. The van der Waals surface area contributed by atoms with Crippen LogP contribution in [0.25, 0.3) is 0 Å². The summed E-state index contributed by atoms with van der Waals surface area (Å²) in [6.45, 7) is 4.08. The number of halogens is 1. The average molecular weight is 241 g/mol. The molecular formula is C6H12INO. The minimum absolute atomic E-state index is 0.0674. The molecule has 0 bridgehead atoms. The van der Waals surface area contributed by atoms with Gasteiger partial charge in [0, 0.05) is 13.1 Å². The van der Waals surface area contributed by atoms with E-state index in [9.17, 15) is 0 Å². The van der Waals surface area contributed by atoms with E-state index in [4.69, 9.17) is 5.11 Å². The smallest absolute Gasteiger partial charge is 0.0679 e. The van der Waals surface area contributed by atoms with Gasteiger partial charge in [-0.3, -0.25) is 4.90 Å². The summed E-state index contributed by atoms with van der Waals surface area (Å²) in [6.07, 6.45) is 0.884. The number of hydrogen-bond acceptors (Lipinski definition) is 2. The molecule has 1 aliphatic rings. The van der Waals surface area contributed by atoms with Crippen molar-refractivity contribution in [1.29, 1.82) is 0 Å². The second-order valence-electron chi connectivity index (χ2n) is 2.51. The van der Waals surface area contributed by atoms with E-state index < -0.39 is 0 Å². The van der Waals surface area contributed by atoms with E-state index in [0.29, 0.717) is 4.05 Å². The minimum atomic E-state index is -0.0674. The maximum absolute atomic E-state index is 9.10. The van der Waals surface area contributed by atoms with Gasteiger partial charge >= 0.3 is 0 Å². The number of nitrogens with zero attached hydrogens (tertiary/aromatic N) is 1. The molecule has 2 atom stereocenters. The molecule has 2 unspecified atom stereocenters. The summed E-state index contributed by atoms with van der Waals surface area (Å²) in [7, 11) is 0. The van der Waals surface area contributed by atoms with Crippen LogP contribution in [-0.2, 0) is 0 Å². The van der Waals surface area contributed by atoms with Crippen LogP contribution in [-0.4, -0.2) is 33.2 Å². The van der Waals surface area contributed by atoms with Gasteiger partial charge in [0.1, 0.15) is 0 Å². The molecule has 3 heteroatoms. The molecule has 9 heavy (non-hydrogen) atoms. The SMILES string of the molecule is CC(I)N1CCC(O)C1. The fourth-order valence-corrected chi connectivity index (χ4v) is 1.60. The predicted octanol–water partition coefficient (Wildman–Crippen LogP) is 0.834. The van der Waals surface area contributed by atoms with Gasteiger partial charge in [0.2, 0.25) is 0 Å². The topological polar surface area (TPSA) is 23.5 Å². The lowest BCUT2D eigenvalue weighted by Gasteiger charge is -2.17. The first kappa shape index (κ1) is 7.75. The molecule has 2 nitrogen and oxygen atoms in total. The molecule has 0 radical (unpaired) electrons. The molecule has 0 amide bonds. The van der Waals surface area contributed by atoms with Crippen molar-refractivity contribution in [3.05, 3.63) is 0 Å². The van der Waals surface area contributed by atoms with E-state index in [1.54, 1.807) is 0 Å². The second-order valence-corrected chi connectivity index (χ2v) is 4.31. The Morgan fingerprint density at radius 1 is 1.78 bits per heavy atom. The molecule has 1 saturated heterocycles. The van der Waals surface area contributed by atoms with Crippen LogP contribution in [0.5, 0.6) is 0 Å². The quantitative estimate of drug-likeness (QED) is 0.417. The summed E-state index contributed by atoms with van der Waals surface area (Å²) in [5.41, 5.74) is 0. The van der Waals surface area contributed by atoms with Crippen LogP contribution in [0, 0.1) is 0 Å². The van der Waals surface area contributed by atoms with Crippen LogP contribution < -0.4 is 0 Å². The maximum Gasteiger partial charge on any atom is 0.0679 e. The molecule has 0 aromatic carbocycles. The first-order valence-corrected chi connectivity index (χ1v) is 4.51. The number of likely N-dealkylation sites (tertiary alicyclic amines) is 1. The summed E-state index contributed by atoms with van der Waals surface area (Å²) in [4.78, 5) is 2.28. The van der Waals surface area contributed by atoms with Gasteiger partial charge in [-0.2, -0.15) is 0 Å². The van der Waals surface area contributed by atoms with Crippen LogP contribution in [0.2, 0.25) is 0 Å². The Bertz CT molecular complexity index is 97.1. The van der Waals surface area contributed by atoms with Crippen molar-refractivity contribution < 1.29 is 5.11 Å². The zero-order valence-corrected chi connectivity index (χ0v) is 7.71. The van der Waals surface area contributed by atoms with Gasteiger partial charge in [0.15, 0.2) is 0 Å². The molecule has 0 aromatic rings. The molecular weight excluding hydrogens is 229 g/mol. The van der Waals surface area contributed by atoms with Crippen LogP contribution in [0.3, 0.4) is 0 Å². The molecule has 1 rings (SSSR count). The van der Waals surface area contributed by atoms with Crippen molar-refractivity contribution in [3.8, 4) is 0 Å². The molecule has 1 aliphatic heterocycles. The van der Waals surface area contributed by atoms with Crippen LogP contribution >= 0.6 is 22.6 Å². The van der Waals surface area contributed by atoms with E-state index in [-0.39, 0.29) is 6.10 Å². The van der Waals surface area contributed by atoms with Gasteiger partial charge in [0.25, 0.3) is 0 Å². The third-order valence-electron chi connectivity index (χ3n) is 1.70. The summed E-state index contributed by atoms with van der Waals surface area (Å²) < 4.78 is 0.569. The molecule has 1 heterocycles. The molecule has 54 valence electrons. The van der Waals surface area contributed by atoms with Crippen molar-refractivity contribution in [3.63, 3.8) is 0 Å². The van der Waals surface area contributed by atoms with Crippen LogP contribution in [0.15, 0.2) is 0 Å². The van der Waals surface area contributed by atoms with E-state index in [2.05, 4.69) is 34.4 Å². The summed E-state index contributed by atoms with van der Waals surface area (Å²) in [5, 5.41) is 9.10. The Hall–Kier alpha value is 0.650. The second kappa shape index (κ2) is 3.16. The third kappa shape index (κ3) is 2.05. The number of β-amino-alcohol motifs (C(OH)–C–C–N with tert-alkyl or cyclic N) is 1. The number of aliphatic hydroxyl groups excluding tert-OH is 1. The van der Waals surface area contributed by atoms with Gasteiger partial charge in [-0.1, -0.05) is 22.6 Å². The minimum Gasteiger partial charge on any atom is -0.392 e. The summed E-state index contributed by atoms with van der Waals surface area (Å²) >= 11 is 2.37. The van der Waals surface area contributed by atoms with Gasteiger partial charge in [-0.25, -0.2) is 0 Å². The Morgan fingerprint density at radius 2 is 2.44 bits per heavy atom. The Balaban J connectivity index is 2.30. The zero-order chi connectivity index (χ0) is 6.85. The van der Waals surface area contributed by atoms with Gasteiger partial charge in [0.05, 0.1) is 10.2 Å². The molecule has 0 aromatic heterocycles. The van der Waals surface area contributed by atoms with E-state index in [0.717, 1.165) is 19.5 Å². The van der Waals surface area contributed by atoms with Crippen LogP contribution in [0.4, 0.5) is 0 Å². The lowest BCUT2D eigenvalue weighted by molar-refractivity contribution is 0.176. The highest BCUT2D eigenvalue weighted by molar-refractivity contribution is 14.1. The normalized spacial score (nSPS) is 33.0. The summed E-state index contributed by atoms with van der Waals surface area (Å²) in [5.74, 6) is 0. The summed E-state index contributed by atoms with van der Waals surface area (Å²) in [6, 6.07) is 0. The van der Waals surface area contributed by atoms with E-state index >= 15 is 0 Å². The van der Waals surface area contributed by atoms with Crippen LogP contribution in [0.1, 0.15) is 13.3 Å². The fourth-order valence-electron chi connectivity index (χ4n) is 1.09. The van der Waals surface area contributed by atoms with Gasteiger partial charge < -0.3 is 5.11 Å². The average Bonchev–Trinajstić information content (AvgIpc) is 2.14. The molecule has 0 aliphatic carbocycles. The molecule has 1 fully saturated rings. The number of alkyl halides is 1. The van der Waals surface area contributed by atoms with Crippen molar-refractivity contribution >= 4 is 22.6 Å². The van der Waals surface area contributed by atoms with Crippen molar-refractivity contribution in [2.75, 3.05) is 13.1 Å². The largest absolute Gasteiger partial charge is 0.392 e. The number of aliphatic hydroxyl groups is 1. The van der Waals surface area contributed by atoms with Gasteiger partial charge in [-0.05, 0) is 13.3 Å². The fraction of sp³-hybridized carbons (Fsp3) is 1.00. The number of hydrogen-bond donors (Lipinski definition) is 1. The maximum atomic E-state index is 9.10. The van der Waals surface area contributed by atoms with Crippen molar-refractivity contribution in [2.45, 2.75) is 23.5 Å². The monoisotopic (exact) mass is 241 g/mol. The highest BCUT2D eigenvalue weighted by atomic mass is 127.